The lowest BCUT2D eigenvalue weighted by Gasteiger charge is -2.09. The molecule has 3 aromatic rings. The van der Waals surface area contributed by atoms with E-state index in [9.17, 15) is 18.0 Å². The van der Waals surface area contributed by atoms with Crippen LogP contribution in [-0.4, -0.2) is 20.2 Å². The molecule has 3 aromatic carbocycles. The van der Waals surface area contributed by atoms with Crippen molar-refractivity contribution in [1.29, 1.82) is 0 Å². The van der Waals surface area contributed by atoms with E-state index in [2.05, 4.69) is 15.6 Å². The molecule has 5 N–H and O–H groups in total. The van der Waals surface area contributed by atoms with Crippen molar-refractivity contribution in [2.45, 2.75) is 11.4 Å². The molecule has 3 rings (SSSR count). The van der Waals surface area contributed by atoms with Gasteiger partial charge in [-0.2, -0.15) is 0 Å². The summed E-state index contributed by atoms with van der Waals surface area (Å²) < 4.78 is 27.1. The number of anilines is 1. The first kappa shape index (κ1) is 21.0. The van der Waals surface area contributed by atoms with Crippen molar-refractivity contribution in [3.05, 3.63) is 95.6 Å². The molecule has 0 aliphatic rings. The average Bonchev–Trinajstić information content (AvgIpc) is 2.77. The molecule has 0 spiro atoms. The number of hydrazine groups is 1. The first-order chi connectivity index (χ1) is 14.3. The first-order valence-corrected chi connectivity index (χ1v) is 10.4. The zero-order valence-corrected chi connectivity index (χ0v) is 16.6. The Hall–Kier alpha value is -3.69. The van der Waals surface area contributed by atoms with Gasteiger partial charge >= 0.3 is 0 Å². The molecule has 0 heterocycles. The number of benzene rings is 3. The van der Waals surface area contributed by atoms with Crippen molar-refractivity contribution in [2.75, 3.05) is 5.73 Å². The second-order valence-corrected chi connectivity index (χ2v) is 8.13. The van der Waals surface area contributed by atoms with Crippen LogP contribution >= 0.6 is 0 Å². The predicted octanol–water partition coefficient (Wildman–Crippen LogP) is 1.82. The van der Waals surface area contributed by atoms with Crippen molar-refractivity contribution in [1.82, 2.24) is 15.6 Å². The molecule has 0 unspecified atom stereocenters. The Morgan fingerprint density at radius 2 is 1.27 bits per heavy atom. The summed E-state index contributed by atoms with van der Waals surface area (Å²) in [5, 5.41) is 0. The van der Waals surface area contributed by atoms with E-state index in [1.807, 2.05) is 0 Å². The van der Waals surface area contributed by atoms with Gasteiger partial charge in [-0.05, 0) is 54.1 Å². The highest BCUT2D eigenvalue weighted by atomic mass is 32.2. The van der Waals surface area contributed by atoms with Crippen molar-refractivity contribution in [3.8, 4) is 0 Å². The minimum Gasteiger partial charge on any atom is -0.399 e. The van der Waals surface area contributed by atoms with Crippen LogP contribution in [0, 0.1) is 0 Å². The van der Waals surface area contributed by atoms with Gasteiger partial charge in [-0.3, -0.25) is 20.4 Å². The Balaban J connectivity index is 1.54. The number of hydrogen-bond acceptors (Lipinski definition) is 5. The third-order valence-electron chi connectivity index (χ3n) is 4.20. The Bertz CT molecular complexity index is 1130. The van der Waals surface area contributed by atoms with E-state index >= 15 is 0 Å². The summed E-state index contributed by atoms with van der Waals surface area (Å²) in [6, 6.07) is 20.7. The molecule has 0 aliphatic heterocycles. The van der Waals surface area contributed by atoms with E-state index in [0.717, 1.165) is 0 Å². The maximum absolute atomic E-state index is 12.3. The minimum absolute atomic E-state index is 0.0549. The van der Waals surface area contributed by atoms with Gasteiger partial charge in [0.15, 0.2) is 0 Å². The fourth-order valence-electron chi connectivity index (χ4n) is 2.53. The average molecular weight is 424 g/mol. The van der Waals surface area contributed by atoms with Crippen LogP contribution in [0.2, 0.25) is 0 Å². The van der Waals surface area contributed by atoms with Crippen LogP contribution in [0.4, 0.5) is 5.69 Å². The fourth-order valence-corrected chi connectivity index (χ4v) is 3.55. The van der Waals surface area contributed by atoms with Gasteiger partial charge in [0.05, 0.1) is 4.90 Å². The fraction of sp³-hybridized carbons (Fsp3) is 0.0476. The predicted molar refractivity (Wildman–Crippen MR) is 113 cm³/mol. The molecular formula is C21H20N4O4S. The topological polar surface area (TPSA) is 130 Å². The number of hydrogen-bond donors (Lipinski definition) is 4. The lowest BCUT2D eigenvalue weighted by Crippen LogP contribution is -2.41. The summed E-state index contributed by atoms with van der Waals surface area (Å²) in [5.74, 6) is -0.925. The van der Waals surface area contributed by atoms with Gasteiger partial charge in [-0.25, -0.2) is 13.1 Å². The summed E-state index contributed by atoms with van der Waals surface area (Å²) >= 11 is 0. The quantitative estimate of drug-likeness (QED) is 0.354. The monoisotopic (exact) mass is 424 g/mol. The van der Waals surface area contributed by atoms with Crippen molar-refractivity contribution in [2.24, 2.45) is 0 Å². The van der Waals surface area contributed by atoms with E-state index in [0.29, 0.717) is 22.4 Å². The molecule has 0 saturated heterocycles. The second-order valence-electron chi connectivity index (χ2n) is 6.36. The van der Waals surface area contributed by atoms with Crippen LogP contribution in [0.5, 0.6) is 0 Å². The zero-order valence-electron chi connectivity index (χ0n) is 15.8. The zero-order chi connectivity index (χ0) is 21.6. The number of nitrogen functional groups attached to an aromatic ring is 1. The highest BCUT2D eigenvalue weighted by Crippen LogP contribution is 2.12. The summed E-state index contributed by atoms with van der Waals surface area (Å²) in [5.41, 5.74) is 12.1. The van der Waals surface area contributed by atoms with E-state index < -0.39 is 21.8 Å². The molecule has 9 heteroatoms. The first-order valence-electron chi connectivity index (χ1n) is 8.95. The van der Waals surface area contributed by atoms with Crippen molar-refractivity contribution >= 4 is 27.5 Å². The molecular weight excluding hydrogens is 404 g/mol. The molecule has 0 bridgehead atoms. The summed E-state index contributed by atoms with van der Waals surface area (Å²) in [4.78, 5) is 24.2. The van der Waals surface area contributed by atoms with Crippen LogP contribution in [0.15, 0.2) is 83.8 Å². The van der Waals surface area contributed by atoms with Crippen molar-refractivity contribution < 1.29 is 18.0 Å². The molecule has 0 aliphatic carbocycles. The van der Waals surface area contributed by atoms with Gasteiger partial charge in [-0.1, -0.05) is 30.3 Å². The largest absolute Gasteiger partial charge is 0.399 e. The van der Waals surface area contributed by atoms with Crippen LogP contribution in [0.1, 0.15) is 26.3 Å². The van der Waals surface area contributed by atoms with Crippen molar-refractivity contribution in [3.63, 3.8) is 0 Å². The number of nitrogens with two attached hydrogens (primary N) is 1. The lowest BCUT2D eigenvalue weighted by molar-refractivity contribution is 0.0846. The van der Waals surface area contributed by atoms with Gasteiger partial charge in [0, 0.05) is 23.4 Å². The van der Waals surface area contributed by atoms with Crippen LogP contribution in [0.25, 0.3) is 0 Å². The lowest BCUT2D eigenvalue weighted by atomic mass is 10.1. The maximum atomic E-state index is 12.3. The number of carbonyl (C=O) groups excluding carboxylic acids is 2. The van der Waals surface area contributed by atoms with E-state index in [1.165, 1.54) is 36.4 Å². The number of nitrogens with one attached hydrogen (secondary N) is 3. The smallest absolute Gasteiger partial charge is 0.269 e. The molecule has 0 fully saturated rings. The van der Waals surface area contributed by atoms with Crippen LogP contribution < -0.4 is 21.3 Å². The molecule has 8 nitrogen and oxygen atoms in total. The number of amides is 2. The second kappa shape index (κ2) is 9.21. The molecule has 0 radical (unpaired) electrons. The Kier molecular flexibility index (Phi) is 6.45. The van der Waals surface area contributed by atoms with E-state index in [-0.39, 0.29) is 11.4 Å². The molecule has 0 atom stereocenters. The Morgan fingerprint density at radius 1 is 0.733 bits per heavy atom. The van der Waals surface area contributed by atoms with Crippen LogP contribution in [-0.2, 0) is 16.6 Å². The summed E-state index contributed by atoms with van der Waals surface area (Å²) in [6.45, 7) is 0.0549. The Labute approximate surface area is 174 Å². The minimum atomic E-state index is -3.68. The number of sulfonamides is 1. The highest BCUT2D eigenvalue weighted by Gasteiger charge is 2.14. The summed E-state index contributed by atoms with van der Waals surface area (Å²) in [6.07, 6.45) is 0. The molecule has 154 valence electrons. The molecule has 0 aromatic heterocycles. The summed E-state index contributed by atoms with van der Waals surface area (Å²) in [7, 11) is -3.68. The number of rotatable bonds is 6. The SMILES string of the molecule is Nc1ccc(S(=O)(=O)NCc2ccc(C(=O)NNC(=O)c3ccccc3)cc2)cc1. The van der Waals surface area contributed by atoms with Crippen LogP contribution in [0.3, 0.4) is 0 Å². The van der Waals surface area contributed by atoms with Gasteiger partial charge in [0.2, 0.25) is 10.0 Å². The normalized spacial score (nSPS) is 10.9. The standard InChI is InChI=1S/C21H20N4O4S/c22-18-10-12-19(13-11-18)30(28,29)23-14-15-6-8-17(9-7-15)21(27)25-24-20(26)16-4-2-1-3-5-16/h1-13,23H,14,22H2,(H,24,26)(H,25,27). The third kappa shape index (κ3) is 5.43. The van der Waals surface area contributed by atoms with Gasteiger partial charge in [0.25, 0.3) is 11.8 Å². The molecule has 0 saturated carbocycles. The van der Waals surface area contributed by atoms with E-state index in [1.54, 1.807) is 42.5 Å². The molecule has 30 heavy (non-hydrogen) atoms. The molecule has 2 amide bonds. The third-order valence-corrected chi connectivity index (χ3v) is 5.62. The maximum Gasteiger partial charge on any atom is 0.269 e. The van der Waals surface area contributed by atoms with E-state index in [4.69, 9.17) is 5.73 Å². The highest BCUT2D eigenvalue weighted by molar-refractivity contribution is 7.89. The van der Waals surface area contributed by atoms with Gasteiger partial charge < -0.3 is 5.73 Å². The Morgan fingerprint density at radius 3 is 1.83 bits per heavy atom. The van der Waals surface area contributed by atoms with Gasteiger partial charge in [0.1, 0.15) is 0 Å². The van der Waals surface area contributed by atoms with Gasteiger partial charge in [-0.15, -0.1) is 0 Å². The number of carbonyl (C=O) groups is 2.